The minimum atomic E-state index is 0.756. The van der Waals surface area contributed by atoms with E-state index in [0.29, 0.717) is 0 Å². The van der Waals surface area contributed by atoms with Crippen LogP contribution in [0, 0.1) is 5.21 Å². The maximum absolute atomic E-state index is 11.0. The Morgan fingerprint density at radius 1 is 1.69 bits per heavy atom. The monoisotopic (exact) mass is 289 g/mol. The Bertz CT molecular complexity index is 452. The Morgan fingerprint density at radius 3 is 3.15 bits per heavy atom. The highest BCUT2D eigenvalue weighted by molar-refractivity contribution is 14.1. The lowest BCUT2D eigenvalue weighted by Gasteiger charge is -1.97. The fraction of sp³-hybridized carbons (Fsp3) is 0.250. The molecule has 0 saturated heterocycles. The Kier molecular flexibility index (Phi) is 2.10. The lowest BCUT2D eigenvalue weighted by atomic mass is 10.4. The van der Waals surface area contributed by atoms with Crippen molar-refractivity contribution in [3.8, 4) is 0 Å². The number of aryl methyl sites for hydroxylation is 1. The van der Waals surface area contributed by atoms with E-state index in [0.717, 1.165) is 26.0 Å². The second-order valence-electron chi connectivity index (χ2n) is 2.80. The summed E-state index contributed by atoms with van der Waals surface area (Å²) < 4.78 is 3.62. The Hall–Kier alpha value is -0.850. The lowest BCUT2D eigenvalue weighted by molar-refractivity contribution is -0.604. The van der Waals surface area contributed by atoms with E-state index in [4.69, 9.17) is 0 Å². The van der Waals surface area contributed by atoms with Crippen LogP contribution in [0.1, 0.15) is 5.82 Å². The normalized spacial score (nSPS) is 10.9. The molecule has 0 unspecified atom stereocenters. The molecule has 0 aliphatic carbocycles. The minimum absolute atomic E-state index is 0.756. The van der Waals surface area contributed by atoms with Gasteiger partial charge in [-0.05, 0) is 0 Å². The second kappa shape index (κ2) is 3.13. The zero-order chi connectivity index (χ0) is 9.42. The third-order valence-corrected chi connectivity index (χ3v) is 2.69. The molecule has 2 heterocycles. The van der Waals surface area contributed by atoms with Crippen LogP contribution in [0.15, 0.2) is 18.5 Å². The van der Waals surface area contributed by atoms with Crippen molar-refractivity contribution in [2.75, 3.05) is 0 Å². The van der Waals surface area contributed by atoms with Crippen LogP contribution < -0.4 is 4.73 Å². The molecule has 2 aromatic rings. The Morgan fingerprint density at radius 2 is 2.46 bits per heavy atom. The summed E-state index contributed by atoms with van der Waals surface area (Å²) in [5, 5.41) is 11.0. The molecule has 13 heavy (non-hydrogen) atoms. The first-order valence-electron chi connectivity index (χ1n) is 3.82. The number of hydrogen-bond acceptors (Lipinski definition) is 2. The molecule has 0 fully saturated rings. The highest BCUT2D eigenvalue weighted by atomic mass is 127. The molecule has 2 rings (SSSR count). The quantitative estimate of drug-likeness (QED) is 0.342. The van der Waals surface area contributed by atoms with E-state index in [9.17, 15) is 5.21 Å². The van der Waals surface area contributed by atoms with E-state index >= 15 is 0 Å². The summed E-state index contributed by atoms with van der Waals surface area (Å²) in [5.74, 6) is 0.988. The lowest BCUT2D eigenvalue weighted by Crippen LogP contribution is -2.23. The van der Waals surface area contributed by atoms with Gasteiger partial charge in [0, 0.05) is 13.1 Å². The maximum atomic E-state index is 11.0. The van der Waals surface area contributed by atoms with Crippen molar-refractivity contribution in [2.24, 2.45) is 7.05 Å². The SMILES string of the molecule is Cn1c(CI)nc2c[n+]([O-])ccc21. The Balaban J connectivity index is 2.76. The van der Waals surface area contributed by atoms with Crippen molar-refractivity contribution in [1.82, 2.24) is 9.55 Å². The summed E-state index contributed by atoms with van der Waals surface area (Å²) in [6.07, 6.45) is 2.98. The highest BCUT2D eigenvalue weighted by Gasteiger charge is 2.08. The average Bonchev–Trinajstić information content (AvgIpc) is 2.42. The molecular formula is C8H8IN3O. The second-order valence-corrected chi connectivity index (χ2v) is 3.56. The molecule has 5 heteroatoms. The van der Waals surface area contributed by atoms with Crippen molar-refractivity contribution in [2.45, 2.75) is 4.43 Å². The molecule has 0 spiro atoms. The van der Waals surface area contributed by atoms with Crippen LogP contribution in [-0.2, 0) is 11.5 Å². The molecule has 0 atom stereocenters. The Labute approximate surface area is 88.9 Å². The molecule has 0 bridgehead atoms. The van der Waals surface area contributed by atoms with Crippen molar-refractivity contribution < 1.29 is 4.73 Å². The zero-order valence-electron chi connectivity index (χ0n) is 7.07. The number of imidazole rings is 1. The third-order valence-electron chi connectivity index (χ3n) is 2.01. The first-order chi connectivity index (χ1) is 6.22. The van der Waals surface area contributed by atoms with Gasteiger partial charge in [0.05, 0.1) is 9.94 Å². The van der Waals surface area contributed by atoms with Crippen LogP contribution in [0.25, 0.3) is 11.0 Å². The molecule has 0 aliphatic heterocycles. The smallest absolute Gasteiger partial charge is 0.208 e. The van der Waals surface area contributed by atoms with E-state index in [-0.39, 0.29) is 0 Å². The van der Waals surface area contributed by atoms with Crippen LogP contribution in [0.4, 0.5) is 0 Å². The van der Waals surface area contributed by atoms with Crippen molar-refractivity contribution in [3.05, 3.63) is 29.5 Å². The van der Waals surface area contributed by atoms with Crippen molar-refractivity contribution in [3.63, 3.8) is 0 Å². The van der Waals surface area contributed by atoms with Gasteiger partial charge in [-0.15, -0.1) is 0 Å². The van der Waals surface area contributed by atoms with Gasteiger partial charge in [-0.2, -0.15) is 4.73 Å². The first-order valence-corrected chi connectivity index (χ1v) is 5.35. The van der Waals surface area contributed by atoms with Gasteiger partial charge in [-0.3, -0.25) is 0 Å². The van der Waals surface area contributed by atoms with E-state index in [1.807, 2.05) is 11.6 Å². The summed E-state index contributed by atoms with van der Waals surface area (Å²) in [7, 11) is 1.96. The summed E-state index contributed by atoms with van der Waals surface area (Å²) in [4.78, 5) is 4.33. The van der Waals surface area contributed by atoms with E-state index < -0.39 is 0 Å². The molecular weight excluding hydrogens is 281 g/mol. The summed E-state index contributed by atoms with van der Waals surface area (Å²) in [6, 6.07) is 1.78. The van der Waals surface area contributed by atoms with Gasteiger partial charge in [-0.25, -0.2) is 4.98 Å². The number of alkyl halides is 1. The van der Waals surface area contributed by atoms with Gasteiger partial charge in [0.1, 0.15) is 5.82 Å². The van der Waals surface area contributed by atoms with E-state index in [1.165, 1.54) is 12.4 Å². The van der Waals surface area contributed by atoms with Gasteiger partial charge in [0.15, 0.2) is 11.7 Å². The van der Waals surface area contributed by atoms with Gasteiger partial charge < -0.3 is 9.77 Å². The van der Waals surface area contributed by atoms with Gasteiger partial charge in [-0.1, -0.05) is 22.6 Å². The number of pyridine rings is 1. The zero-order valence-corrected chi connectivity index (χ0v) is 9.22. The molecule has 0 aliphatic rings. The highest BCUT2D eigenvalue weighted by Crippen LogP contribution is 2.14. The van der Waals surface area contributed by atoms with Crippen LogP contribution in [0.2, 0.25) is 0 Å². The molecule has 0 saturated carbocycles. The van der Waals surface area contributed by atoms with Crippen LogP contribution in [0.3, 0.4) is 0 Å². The number of nitrogens with zero attached hydrogens (tertiary/aromatic N) is 3. The van der Waals surface area contributed by atoms with Crippen molar-refractivity contribution >= 4 is 33.6 Å². The van der Waals surface area contributed by atoms with Crippen molar-refractivity contribution in [1.29, 1.82) is 0 Å². The summed E-state index contributed by atoms with van der Waals surface area (Å²) >= 11 is 2.25. The standard InChI is InChI=1S/C8H8IN3O/c1-11-7-2-3-12(13)5-6(7)10-8(11)4-9/h2-3,5H,4H2,1H3. The fourth-order valence-corrected chi connectivity index (χ4v) is 1.98. The predicted octanol–water partition coefficient (Wildman–Crippen LogP) is 1.14. The number of hydrogen-bond donors (Lipinski definition) is 0. The third kappa shape index (κ3) is 1.37. The van der Waals surface area contributed by atoms with Gasteiger partial charge in [0.2, 0.25) is 6.20 Å². The molecule has 0 N–H and O–H groups in total. The summed E-state index contributed by atoms with van der Waals surface area (Å²) in [6.45, 7) is 0. The van der Waals surface area contributed by atoms with E-state index in [2.05, 4.69) is 27.6 Å². The predicted molar refractivity (Wildman–Crippen MR) is 57.4 cm³/mol. The molecule has 0 amide bonds. The molecule has 68 valence electrons. The molecule has 0 radical (unpaired) electrons. The van der Waals surface area contributed by atoms with E-state index in [1.54, 1.807) is 6.07 Å². The molecule has 0 aromatic carbocycles. The largest absolute Gasteiger partial charge is 0.619 e. The number of aromatic nitrogens is 3. The number of fused-ring (bicyclic) bond motifs is 1. The number of rotatable bonds is 1. The first kappa shape index (κ1) is 8.74. The van der Waals surface area contributed by atoms with Gasteiger partial charge >= 0.3 is 0 Å². The molecule has 4 nitrogen and oxygen atoms in total. The minimum Gasteiger partial charge on any atom is -0.619 e. The topological polar surface area (TPSA) is 44.8 Å². The van der Waals surface area contributed by atoms with Crippen LogP contribution >= 0.6 is 22.6 Å². The molecule has 2 aromatic heterocycles. The maximum Gasteiger partial charge on any atom is 0.208 e. The van der Waals surface area contributed by atoms with Crippen LogP contribution in [-0.4, -0.2) is 9.55 Å². The summed E-state index contributed by atoms with van der Waals surface area (Å²) in [5.41, 5.74) is 1.76. The number of halogens is 1. The fourth-order valence-electron chi connectivity index (χ4n) is 1.30. The van der Waals surface area contributed by atoms with Gasteiger partial charge in [0.25, 0.3) is 0 Å². The average molecular weight is 289 g/mol. The van der Waals surface area contributed by atoms with Crippen LogP contribution in [0.5, 0.6) is 0 Å².